The number of nitrogen functional groups attached to an aromatic ring is 1. The van der Waals surface area contributed by atoms with E-state index in [0.717, 1.165) is 17.2 Å². The molecule has 3 heteroatoms. The standard InChI is InChI=1S/C12H11N3/c1-2-8-3-4-10-9(6-13)7-15-12(14)11(10)5-8/h3-5,7H,2H2,1H3,(H2,14,15). The summed E-state index contributed by atoms with van der Waals surface area (Å²) in [6.07, 6.45) is 2.47. The van der Waals surface area contributed by atoms with Crippen LogP contribution < -0.4 is 5.73 Å². The summed E-state index contributed by atoms with van der Waals surface area (Å²) >= 11 is 0. The molecular formula is C12H11N3. The molecule has 15 heavy (non-hydrogen) atoms. The van der Waals surface area contributed by atoms with Gasteiger partial charge in [0, 0.05) is 17.0 Å². The van der Waals surface area contributed by atoms with Gasteiger partial charge >= 0.3 is 0 Å². The fourth-order valence-electron chi connectivity index (χ4n) is 1.62. The van der Waals surface area contributed by atoms with Crippen LogP contribution in [0.2, 0.25) is 0 Å². The van der Waals surface area contributed by atoms with Gasteiger partial charge in [-0.25, -0.2) is 4.98 Å². The van der Waals surface area contributed by atoms with Crippen molar-refractivity contribution in [1.82, 2.24) is 4.98 Å². The Balaban J connectivity index is 2.83. The Morgan fingerprint density at radius 2 is 2.20 bits per heavy atom. The number of nitrogens with zero attached hydrogens (tertiary/aromatic N) is 2. The number of rotatable bonds is 1. The third kappa shape index (κ3) is 1.50. The molecule has 0 aliphatic carbocycles. The van der Waals surface area contributed by atoms with Crippen molar-refractivity contribution in [2.75, 3.05) is 5.73 Å². The number of hydrogen-bond acceptors (Lipinski definition) is 3. The maximum atomic E-state index is 8.92. The summed E-state index contributed by atoms with van der Waals surface area (Å²) in [5.41, 5.74) is 7.55. The second-order valence-electron chi connectivity index (χ2n) is 3.40. The van der Waals surface area contributed by atoms with E-state index in [1.807, 2.05) is 18.2 Å². The summed E-state index contributed by atoms with van der Waals surface area (Å²) in [5.74, 6) is 0.485. The molecule has 0 radical (unpaired) electrons. The molecule has 3 nitrogen and oxygen atoms in total. The molecule has 0 saturated heterocycles. The fourth-order valence-corrected chi connectivity index (χ4v) is 1.62. The van der Waals surface area contributed by atoms with Gasteiger partial charge in [-0.3, -0.25) is 0 Å². The number of nitrogens with two attached hydrogens (primary N) is 1. The lowest BCUT2D eigenvalue weighted by atomic mass is 10.0. The molecule has 74 valence electrons. The minimum atomic E-state index is 0.485. The van der Waals surface area contributed by atoms with Crippen molar-refractivity contribution in [1.29, 1.82) is 5.26 Å². The molecule has 0 aliphatic heterocycles. The quantitative estimate of drug-likeness (QED) is 0.762. The maximum Gasteiger partial charge on any atom is 0.131 e. The van der Waals surface area contributed by atoms with E-state index in [2.05, 4.69) is 18.0 Å². The number of anilines is 1. The topological polar surface area (TPSA) is 62.7 Å². The average molecular weight is 197 g/mol. The molecule has 1 aromatic heterocycles. The Bertz CT molecular complexity index is 553. The highest BCUT2D eigenvalue weighted by Crippen LogP contribution is 2.23. The van der Waals surface area contributed by atoms with E-state index >= 15 is 0 Å². The largest absolute Gasteiger partial charge is 0.383 e. The first-order chi connectivity index (χ1) is 7.26. The zero-order valence-electron chi connectivity index (χ0n) is 8.49. The van der Waals surface area contributed by atoms with Crippen LogP contribution in [0.25, 0.3) is 10.8 Å². The zero-order chi connectivity index (χ0) is 10.8. The average Bonchev–Trinajstić information content (AvgIpc) is 2.29. The third-order valence-corrected chi connectivity index (χ3v) is 2.51. The molecule has 0 bridgehead atoms. The van der Waals surface area contributed by atoms with Crippen LogP contribution in [0.15, 0.2) is 24.4 Å². The van der Waals surface area contributed by atoms with Crippen molar-refractivity contribution in [2.45, 2.75) is 13.3 Å². The lowest BCUT2D eigenvalue weighted by molar-refractivity contribution is 1.14. The van der Waals surface area contributed by atoms with Crippen LogP contribution in [0.3, 0.4) is 0 Å². The van der Waals surface area contributed by atoms with Crippen LogP contribution in [-0.2, 0) is 6.42 Å². The molecule has 0 fully saturated rings. The molecule has 1 heterocycles. The molecule has 0 aliphatic rings. The molecule has 0 unspecified atom stereocenters. The smallest absolute Gasteiger partial charge is 0.131 e. The molecule has 2 rings (SSSR count). The van der Waals surface area contributed by atoms with Gasteiger partial charge in [-0.05, 0) is 18.1 Å². The first kappa shape index (κ1) is 9.47. The van der Waals surface area contributed by atoms with Crippen LogP contribution >= 0.6 is 0 Å². The monoisotopic (exact) mass is 197 g/mol. The second kappa shape index (κ2) is 3.58. The van der Waals surface area contributed by atoms with Crippen LogP contribution in [0, 0.1) is 11.3 Å². The highest BCUT2D eigenvalue weighted by Gasteiger charge is 2.05. The number of pyridine rings is 1. The molecule has 0 atom stereocenters. The van der Waals surface area contributed by atoms with E-state index in [1.165, 1.54) is 11.8 Å². The Labute approximate surface area is 88.2 Å². The van der Waals surface area contributed by atoms with E-state index in [1.54, 1.807) is 0 Å². The van der Waals surface area contributed by atoms with Crippen molar-refractivity contribution < 1.29 is 0 Å². The number of fused-ring (bicyclic) bond motifs is 1. The summed E-state index contributed by atoms with van der Waals surface area (Å²) in [7, 11) is 0. The van der Waals surface area contributed by atoms with Crippen LogP contribution in [0.5, 0.6) is 0 Å². The van der Waals surface area contributed by atoms with E-state index in [4.69, 9.17) is 11.0 Å². The lowest BCUT2D eigenvalue weighted by Crippen LogP contribution is -1.94. The number of aryl methyl sites for hydroxylation is 1. The normalized spacial score (nSPS) is 10.1. The van der Waals surface area contributed by atoms with Gasteiger partial charge in [0.25, 0.3) is 0 Å². The number of hydrogen-bond donors (Lipinski definition) is 1. The third-order valence-electron chi connectivity index (χ3n) is 2.51. The Kier molecular flexibility index (Phi) is 2.26. The van der Waals surface area contributed by atoms with Crippen molar-refractivity contribution >= 4 is 16.6 Å². The predicted octanol–water partition coefficient (Wildman–Crippen LogP) is 2.25. The SMILES string of the molecule is CCc1ccc2c(C#N)cnc(N)c2c1. The van der Waals surface area contributed by atoms with Gasteiger partial charge in [0.2, 0.25) is 0 Å². The van der Waals surface area contributed by atoms with Gasteiger partial charge in [0.1, 0.15) is 11.9 Å². The van der Waals surface area contributed by atoms with Crippen molar-refractivity contribution in [3.05, 3.63) is 35.5 Å². The highest BCUT2D eigenvalue weighted by atomic mass is 14.8. The van der Waals surface area contributed by atoms with Gasteiger partial charge in [-0.1, -0.05) is 19.1 Å². The maximum absolute atomic E-state index is 8.92. The Morgan fingerprint density at radius 1 is 1.40 bits per heavy atom. The predicted molar refractivity (Wildman–Crippen MR) is 60.2 cm³/mol. The first-order valence-corrected chi connectivity index (χ1v) is 4.83. The Hall–Kier alpha value is -2.08. The van der Waals surface area contributed by atoms with Gasteiger partial charge < -0.3 is 5.73 Å². The summed E-state index contributed by atoms with van der Waals surface area (Å²) in [5, 5.41) is 10.7. The van der Waals surface area contributed by atoms with Crippen molar-refractivity contribution in [3.63, 3.8) is 0 Å². The van der Waals surface area contributed by atoms with Gasteiger partial charge in [0.05, 0.1) is 5.56 Å². The molecule has 0 spiro atoms. The van der Waals surface area contributed by atoms with E-state index < -0.39 is 0 Å². The van der Waals surface area contributed by atoms with Crippen molar-refractivity contribution in [2.24, 2.45) is 0 Å². The Morgan fingerprint density at radius 3 is 2.87 bits per heavy atom. The van der Waals surface area contributed by atoms with Crippen LogP contribution in [-0.4, -0.2) is 4.98 Å². The molecule has 2 aromatic rings. The van der Waals surface area contributed by atoms with Crippen LogP contribution in [0.1, 0.15) is 18.1 Å². The second-order valence-corrected chi connectivity index (χ2v) is 3.40. The van der Waals surface area contributed by atoms with E-state index in [0.29, 0.717) is 11.4 Å². The van der Waals surface area contributed by atoms with Gasteiger partial charge in [-0.15, -0.1) is 0 Å². The van der Waals surface area contributed by atoms with Gasteiger partial charge in [-0.2, -0.15) is 5.26 Å². The molecule has 0 saturated carbocycles. The highest BCUT2D eigenvalue weighted by molar-refractivity contribution is 5.95. The summed E-state index contributed by atoms with van der Waals surface area (Å²) in [6.45, 7) is 2.08. The zero-order valence-corrected chi connectivity index (χ0v) is 8.49. The summed E-state index contributed by atoms with van der Waals surface area (Å²) in [6, 6.07) is 8.07. The molecule has 0 amide bonds. The van der Waals surface area contributed by atoms with Gasteiger partial charge in [0.15, 0.2) is 0 Å². The lowest BCUT2D eigenvalue weighted by Gasteiger charge is -2.04. The van der Waals surface area contributed by atoms with E-state index in [9.17, 15) is 0 Å². The van der Waals surface area contributed by atoms with E-state index in [-0.39, 0.29) is 0 Å². The number of nitriles is 1. The molecule has 2 N–H and O–H groups in total. The summed E-state index contributed by atoms with van der Waals surface area (Å²) < 4.78 is 0. The minimum Gasteiger partial charge on any atom is -0.383 e. The van der Waals surface area contributed by atoms with Crippen molar-refractivity contribution in [3.8, 4) is 6.07 Å². The minimum absolute atomic E-state index is 0.485. The molecule has 1 aromatic carbocycles. The first-order valence-electron chi connectivity index (χ1n) is 4.83. The summed E-state index contributed by atoms with van der Waals surface area (Å²) in [4.78, 5) is 4.01. The molecular weight excluding hydrogens is 186 g/mol. The fraction of sp³-hybridized carbons (Fsp3) is 0.167. The number of benzene rings is 1. The number of aromatic nitrogens is 1. The van der Waals surface area contributed by atoms with Crippen LogP contribution in [0.4, 0.5) is 5.82 Å².